The Morgan fingerprint density at radius 1 is 1.21 bits per heavy atom. The summed E-state index contributed by atoms with van der Waals surface area (Å²) in [5.74, 6) is -0.452. The van der Waals surface area contributed by atoms with Crippen molar-refractivity contribution in [2.75, 3.05) is 6.61 Å². The molecule has 2 rings (SSSR count). The molecule has 0 radical (unpaired) electrons. The van der Waals surface area contributed by atoms with Crippen LogP contribution in [0.3, 0.4) is 0 Å². The molecule has 0 fully saturated rings. The summed E-state index contributed by atoms with van der Waals surface area (Å²) in [6.07, 6.45) is -0.0750. The number of ether oxygens (including phenoxy) is 1. The molecule has 0 spiro atoms. The number of carbonyl (C=O) groups is 1. The number of amides is 1. The smallest absolute Gasteiger partial charge is 0.267 e. The number of carbonyl (C=O) groups excluding carboxylic acids is 1. The molecule has 5 nitrogen and oxygen atoms in total. The minimum atomic E-state index is -4.04. The SMILES string of the molecule is CCOc1ccc(Br)cc1S(=O)(=O)NC(=O)Cc1ccc(Cl)cc1. The lowest BCUT2D eigenvalue weighted by molar-refractivity contribution is -0.118. The lowest BCUT2D eigenvalue weighted by atomic mass is 10.1. The summed E-state index contributed by atoms with van der Waals surface area (Å²) >= 11 is 9.00. The first-order valence-corrected chi connectivity index (χ1v) is 9.69. The largest absolute Gasteiger partial charge is 0.492 e. The average Bonchev–Trinajstić information content (AvgIpc) is 2.51. The molecule has 0 atom stereocenters. The third-order valence-electron chi connectivity index (χ3n) is 3.02. The van der Waals surface area contributed by atoms with E-state index in [2.05, 4.69) is 20.7 Å². The summed E-state index contributed by atoms with van der Waals surface area (Å²) in [4.78, 5) is 12.0. The summed E-state index contributed by atoms with van der Waals surface area (Å²) in [5, 5.41) is 0.544. The van der Waals surface area contributed by atoms with Gasteiger partial charge < -0.3 is 4.74 Å². The zero-order valence-electron chi connectivity index (χ0n) is 12.8. The molecule has 1 amide bonds. The van der Waals surface area contributed by atoms with Gasteiger partial charge in [-0.15, -0.1) is 0 Å². The fourth-order valence-corrected chi connectivity index (χ4v) is 3.79. The van der Waals surface area contributed by atoms with Crippen molar-refractivity contribution in [2.24, 2.45) is 0 Å². The second kappa shape index (κ2) is 8.00. The molecule has 0 heterocycles. The lowest BCUT2D eigenvalue weighted by Gasteiger charge is -2.12. The van der Waals surface area contributed by atoms with Crippen molar-refractivity contribution in [3.8, 4) is 5.75 Å². The van der Waals surface area contributed by atoms with E-state index in [1.807, 2.05) is 0 Å². The highest BCUT2D eigenvalue weighted by molar-refractivity contribution is 9.10. The van der Waals surface area contributed by atoms with Crippen molar-refractivity contribution in [3.63, 3.8) is 0 Å². The molecule has 128 valence electrons. The zero-order chi connectivity index (χ0) is 17.7. The van der Waals surface area contributed by atoms with Gasteiger partial charge in [-0.25, -0.2) is 13.1 Å². The van der Waals surface area contributed by atoms with E-state index < -0.39 is 15.9 Å². The highest BCUT2D eigenvalue weighted by Gasteiger charge is 2.22. The highest BCUT2D eigenvalue weighted by Crippen LogP contribution is 2.27. The van der Waals surface area contributed by atoms with Crippen LogP contribution in [0, 0.1) is 0 Å². The second-order valence-electron chi connectivity index (χ2n) is 4.86. The van der Waals surface area contributed by atoms with E-state index >= 15 is 0 Å². The summed E-state index contributed by atoms with van der Waals surface area (Å²) in [6.45, 7) is 2.06. The van der Waals surface area contributed by atoms with Crippen molar-refractivity contribution >= 4 is 43.5 Å². The van der Waals surface area contributed by atoms with Crippen molar-refractivity contribution < 1.29 is 17.9 Å². The van der Waals surface area contributed by atoms with Gasteiger partial charge in [-0.05, 0) is 42.8 Å². The topological polar surface area (TPSA) is 72.5 Å². The fraction of sp³-hybridized carbons (Fsp3) is 0.188. The van der Waals surface area contributed by atoms with E-state index in [1.165, 1.54) is 12.1 Å². The summed E-state index contributed by atoms with van der Waals surface area (Å²) in [6, 6.07) is 11.2. The normalized spacial score (nSPS) is 11.1. The van der Waals surface area contributed by atoms with Gasteiger partial charge in [0.05, 0.1) is 13.0 Å². The maximum Gasteiger partial charge on any atom is 0.267 e. The Morgan fingerprint density at radius 3 is 2.50 bits per heavy atom. The lowest BCUT2D eigenvalue weighted by Crippen LogP contribution is -2.32. The van der Waals surface area contributed by atoms with Crippen LogP contribution in [0.25, 0.3) is 0 Å². The quantitative estimate of drug-likeness (QED) is 0.758. The molecule has 0 aliphatic carbocycles. The Labute approximate surface area is 154 Å². The maximum absolute atomic E-state index is 12.5. The number of hydrogen-bond donors (Lipinski definition) is 1. The van der Waals surface area contributed by atoms with Crippen molar-refractivity contribution in [2.45, 2.75) is 18.2 Å². The van der Waals surface area contributed by atoms with Crippen molar-refractivity contribution in [1.29, 1.82) is 0 Å². The Balaban J connectivity index is 2.20. The van der Waals surface area contributed by atoms with E-state index in [4.69, 9.17) is 16.3 Å². The Morgan fingerprint density at radius 2 is 1.88 bits per heavy atom. The van der Waals surface area contributed by atoms with Crippen LogP contribution in [0.5, 0.6) is 5.75 Å². The predicted octanol–water partition coefficient (Wildman–Crippen LogP) is 3.55. The third-order valence-corrected chi connectivity index (χ3v) is 5.16. The molecule has 0 bridgehead atoms. The highest BCUT2D eigenvalue weighted by atomic mass is 79.9. The van der Waals surface area contributed by atoms with Crippen LogP contribution in [0.15, 0.2) is 51.8 Å². The van der Waals surface area contributed by atoms with Crippen LogP contribution in [-0.2, 0) is 21.2 Å². The summed E-state index contributed by atoms with van der Waals surface area (Å²) in [7, 11) is -4.04. The standard InChI is InChI=1S/C16H15BrClNO4S/c1-2-23-14-8-5-12(17)10-15(14)24(21,22)19-16(20)9-11-3-6-13(18)7-4-11/h3-8,10H,2,9H2,1H3,(H,19,20). The number of benzene rings is 2. The first-order valence-electron chi connectivity index (χ1n) is 7.04. The van der Waals surface area contributed by atoms with E-state index in [-0.39, 0.29) is 17.1 Å². The van der Waals surface area contributed by atoms with Gasteiger partial charge in [0.25, 0.3) is 10.0 Å². The van der Waals surface area contributed by atoms with Crippen molar-refractivity contribution in [3.05, 3.63) is 57.5 Å². The minimum absolute atomic E-state index is 0.0750. The minimum Gasteiger partial charge on any atom is -0.492 e. The molecular formula is C16H15BrClNO4S. The summed E-state index contributed by atoms with van der Waals surface area (Å²) in [5.41, 5.74) is 0.659. The first-order chi connectivity index (χ1) is 11.3. The van der Waals surface area contributed by atoms with Gasteiger partial charge >= 0.3 is 0 Å². The molecule has 1 N–H and O–H groups in total. The number of nitrogens with one attached hydrogen (secondary N) is 1. The molecule has 0 unspecified atom stereocenters. The molecule has 2 aromatic rings. The Kier molecular flexibility index (Phi) is 6.26. The maximum atomic E-state index is 12.5. The van der Waals surface area contributed by atoms with Crippen LogP contribution in [0.1, 0.15) is 12.5 Å². The van der Waals surface area contributed by atoms with Gasteiger partial charge in [0.1, 0.15) is 10.6 Å². The zero-order valence-corrected chi connectivity index (χ0v) is 15.9. The monoisotopic (exact) mass is 431 g/mol. The predicted molar refractivity (Wildman–Crippen MR) is 95.8 cm³/mol. The van der Waals surface area contributed by atoms with Gasteiger partial charge in [-0.2, -0.15) is 0 Å². The molecule has 2 aromatic carbocycles. The van der Waals surface area contributed by atoms with E-state index in [1.54, 1.807) is 37.3 Å². The molecule has 0 aliphatic rings. The van der Waals surface area contributed by atoms with Crippen LogP contribution in [0.4, 0.5) is 0 Å². The fourth-order valence-electron chi connectivity index (χ4n) is 2.00. The number of halogens is 2. The van der Waals surface area contributed by atoms with E-state index in [0.29, 0.717) is 21.7 Å². The average molecular weight is 433 g/mol. The molecule has 8 heteroatoms. The van der Waals surface area contributed by atoms with Crippen molar-refractivity contribution in [1.82, 2.24) is 4.72 Å². The van der Waals surface area contributed by atoms with Gasteiger partial charge in [0.2, 0.25) is 5.91 Å². The molecule has 0 aliphatic heterocycles. The first kappa shape index (κ1) is 18.8. The van der Waals surface area contributed by atoms with Gasteiger partial charge in [0, 0.05) is 9.50 Å². The second-order valence-corrected chi connectivity index (χ2v) is 7.86. The Bertz CT molecular complexity index is 838. The van der Waals surface area contributed by atoms with Gasteiger partial charge in [-0.1, -0.05) is 39.7 Å². The summed E-state index contributed by atoms with van der Waals surface area (Å²) < 4.78 is 32.9. The number of hydrogen-bond acceptors (Lipinski definition) is 4. The molecular weight excluding hydrogens is 418 g/mol. The molecule has 0 saturated heterocycles. The van der Waals surface area contributed by atoms with E-state index in [9.17, 15) is 13.2 Å². The Hall–Kier alpha value is -1.57. The number of sulfonamides is 1. The molecule has 0 aromatic heterocycles. The van der Waals surface area contributed by atoms with Crippen LogP contribution < -0.4 is 9.46 Å². The van der Waals surface area contributed by atoms with Crippen LogP contribution in [-0.4, -0.2) is 20.9 Å². The molecule has 24 heavy (non-hydrogen) atoms. The van der Waals surface area contributed by atoms with Crippen LogP contribution >= 0.6 is 27.5 Å². The molecule has 0 saturated carbocycles. The van der Waals surface area contributed by atoms with Gasteiger partial charge in [0.15, 0.2) is 0 Å². The van der Waals surface area contributed by atoms with Gasteiger partial charge in [-0.3, -0.25) is 4.79 Å². The van der Waals surface area contributed by atoms with E-state index in [0.717, 1.165) is 0 Å². The van der Waals surface area contributed by atoms with Crippen LogP contribution in [0.2, 0.25) is 5.02 Å². The number of rotatable bonds is 6. The third kappa shape index (κ3) is 4.96.